The average molecular weight is 211 g/mol. The van der Waals surface area contributed by atoms with Crippen LogP contribution < -0.4 is 0 Å². The topological polar surface area (TPSA) is 23.5 Å². The van der Waals surface area contributed by atoms with Crippen molar-refractivity contribution in [2.24, 2.45) is 0 Å². The van der Waals surface area contributed by atoms with Crippen LogP contribution in [0.2, 0.25) is 0 Å². The number of aliphatic hydroxyl groups is 1. The standard InChI is InChI=1S/C13H25NO/c1-2-3-5-11-8-9-12-6-4-7-13(10-15)14(11)12/h11-13,15H,2-10H2,1H3/t11-,12+,13-/m1/s1. The molecule has 15 heavy (non-hydrogen) atoms. The summed E-state index contributed by atoms with van der Waals surface area (Å²) < 4.78 is 0. The van der Waals surface area contributed by atoms with Crippen LogP contribution in [0.3, 0.4) is 0 Å². The fourth-order valence-electron chi connectivity index (χ4n) is 3.53. The van der Waals surface area contributed by atoms with Gasteiger partial charge in [-0.25, -0.2) is 0 Å². The van der Waals surface area contributed by atoms with Crippen LogP contribution in [0, 0.1) is 0 Å². The molecular weight excluding hydrogens is 186 g/mol. The molecule has 2 heterocycles. The highest BCUT2D eigenvalue weighted by Crippen LogP contribution is 2.36. The molecule has 2 rings (SSSR count). The van der Waals surface area contributed by atoms with Crippen molar-refractivity contribution in [3.63, 3.8) is 0 Å². The molecule has 0 aromatic carbocycles. The molecule has 2 saturated heterocycles. The SMILES string of the molecule is CCCC[C@@H]1CC[C@@H]2CCC[C@H](CO)N12. The van der Waals surface area contributed by atoms with Gasteiger partial charge in [0.25, 0.3) is 0 Å². The second kappa shape index (κ2) is 5.31. The normalized spacial score (nSPS) is 36.8. The number of piperidine rings is 1. The first kappa shape index (κ1) is 11.4. The van der Waals surface area contributed by atoms with Gasteiger partial charge in [-0.05, 0) is 32.1 Å². The predicted octanol–water partition coefficient (Wildman–Crippen LogP) is 2.55. The summed E-state index contributed by atoms with van der Waals surface area (Å²) in [6, 6.07) is 2.07. The van der Waals surface area contributed by atoms with Gasteiger partial charge in [0.05, 0.1) is 6.61 Å². The lowest BCUT2D eigenvalue weighted by Crippen LogP contribution is -2.48. The second-order valence-corrected chi connectivity index (χ2v) is 5.24. The molecule has 2 fully saturated rings. The minimum Gasteiger partial charge on any atom is -0.395 e. The van der Waals surface area contributed by atoms with Gasteiger partial charge >= 0.3 is 0 Å². The molecule has 0 spiro atoms. The predicted molar refractivity (Wildman–Crippen MR) is 62.9 cm³/mol. The third kappa shape index (κ3) is 2.36. The molecule has 1 N–H and O–H groups in total. The largest absolute Gasteiger partial charge is 0.395 e. The van der Waals surface area contributed by atoms with Crippen molar-refractivity contribution in [1.29, 1.82) is 0 Å². The maximum atomic E-state index is 9.44. The number of nitrogens with zero attached hydrogens (tertiary/aromatic N) is 1. The molecule has 3 atom stereocenters. The van der Waals surface area contributed by atoms with Crippen LogP contribution in [0.4, 0.5) is 0 Å². The molecule has 2 nitrogen and oxygen atoms in total. The van der Waals surface area contributed by atoms with E-state index in [4.69, 9.17) is 0 Å². The smallest absolute Gasteiger partial charge is 0.0587 e. The highest BCUT2D eigenvalue weighted by atomic mass is 16.3. The van der Waals surface area contributed by atoms with Crippen LogP contribution >= 0.6 is 0 Å². The zero-order chi connectivity index (χ0) is 10.7. The van der Waals surface area contributed by atoms with Crippen molar-refractivity contribution in [3.8, 4) is 0 Å². The van der Waals surface area contributed by atoms with Crippen molar-refractivity contribution in [3.05, 3.63) is 0 Å². The van der Waals surface area contributed by atoms with Crippen LogP contribution in [0.1, 0.15) is 58.3 Å². The lowest BCUT2D eigenvalue weighted by Gasteiger charge is -2.40. The zero-order valence-electron chi connectivity index (χ0n) is 9.99. The molecule has 0 unspecified atom stereocenters. The van der Waals surface area contributed by atoms with E-state index in [-0.39, 0.29) is 0 Å². The van der Waals surface area contributed by atoms with Gasteiger partial charge in [0.2, 0.25) is 0 Å². The lowest BCUT2D eigenvalue weighted by atomic mass is 9.96. The summed E-state index contributed by atoms with van der Waals surface area (Å²) in [5, 5.41) is 9.44. The van der Waals surface area contributed by atoms with E-state index >= 15 is 0 Å². The van der Waals surface area contributed by atoms with Crippen LogP contribution in [-0.2, 0) is 0 Å². The van der Waals surface area contributed by atoms with Crippen molar-refractivity contribution in [1.82, 2.24) is 4.90 Å². The molecule has 0 radical (unpaired) electrons. The summed E-state index contributed by atoms with van der Waals surface area (Å²) in [6.07, 6.45) is 10.7. The Balaban J connectivity index is 1.95. The van der Waals surface area contributed by atoms with Crippen LogP contribution in [0.15, 0.2) is 0 Å². The number of fused-ring (bicyclic) bond motifs is 1. The summed E-state index contributed by atoms with van der Waals surface area (Å²) in [7, 11) is 0. The Bertz CT molecular complexity index is 195. The number of rotatable bonds is 4. The van der Waals surface area contributed by atoms with E-state index in [0.29, 0.717) is 12.6 Å². The molecule has 0 bridgehead atoms. The molecule has 0 aromatic rings. The van der Waals surface area contributed by atoms with E-state index in [2.05, 4.69) is 11.8 Å². The summed E-state index contributed by atoms with van der Waals surface area (Å²) in [5.74, 6) is 0. The van der Waals surface area contributed by atoms with Crippen molar-refractivity contribution < 1.29 is 5.11 Å². The molecular formula is C13H25NO. The van der Waals surface area contributed by atoms with Gasteiger partial charge in [0.15, 0.2) is 0 Å². The molecule has 0 saturated carbocycles. The van der Waals surface area contributed by atoms with Crippen molar-refractivity contribution in [2.45, 2.75) is 76.4 Å². The molecule has 0 aliphatic carbocycles. The van der Waals surface area contributed by atoms with Crippen LogP contribution in [0.5, 0.6) is 0 Å². The lowest BCUT2D eigenvalue weighted by molar-refractivity contribution is 0.0399. The Labute approximate surface area is 93.7 Å². The maximum Gasteiger partial charge on any atom is 0.0587 e. The Hall–Kier alpha value is -0.0800. The summed E-state index contributed by atoms with van der Waals surface area (Å²) >= 11 is 0. The second-order valence-electron chi connectivity index (χ2n) is 5.24. The van der Waals surface area contributed by atoms with Gasteiger partial charge in [-0.3, -0.25) is 4.90 Å². The highest BCUT2D eigenvalue weighted by Gasteiger charge is 2.39. The van der Waals surface area contributed by atoms with Gasteiger partial charge in [-0.1, -0.05) is 26.2 Å². The van der Waals surface area contributed by atoms with E-state index in [1.807, 2.05) is 0 Å². The zero-order valence-corrected chi connectivity index (χ0v) is 9.99. The first-order valence-electron chi connectivity index (χ1n) is 6.75. The molecule has 2 heteroatoms. The molecule has 0 amide bonds. The first-order chi connectivity index (χ1) is 7.36. The van der Waals surface area contributed by atoms with Crippen molar-refractivity contribution in [2.75, 3.05) is 6.61 Å². The fourth-order valence-corrected chi connectivity index (χ4v) is 3.53. The maximum absolute atomic E-state index is 9.44. The molecule has 88 valence electrons. The summed E-state index contributed by atoms with van der Waals surface area (Å²) in [5.41, 5.74) is 0. The van der Waals surface area contributed by atoms with E-state index in [0.717, 1.165) is 12.1 Å². The summed E-state index contributed by atoms with van der Waals surface area (Å²) in [6.45, 7) is 2.64. The van der Waals surface area contributed by atoms with E-state index < -0.39 is 0 Å². The Morgan fingerprint density at radius 3 is 2.73 bits per heavy atom. The number of aliphatic hydroxyl groups excluding tert-OH is 1. The van der Waals surface area contributed by atoms with E-state index in [1.165, 1.54) is 51.4 Å². The fraction of sp³-hybridized carbons (Fsp3) is 1.00. The molecule has 0 aromatic heterocycles. The Morgan fingerprint density at radius 1 is 1.13 bits per heavy atom. The molecule has 2 aliphatic heterocycles. The average Bonchev–Trinajstić information content (AvgIpc) is 2.69. The van der Waals surface area contributed by atoms with Gasteiger partial charge in [-0.2, -0.15) is 0 Å². The van der Waals surface area contributed by atoms with Gasteiger partial charge in [-0.15, -0.1) is 0 Å². The number of hydrogen-bond acceptors (Lipinski definition) is 2. The molecule has 2 aliphatic rings. The Morgan fingerprint density at radius 2 is 2.00 bits per heavy atom. The van der Waals surface area contributed by atoms with Gasteiger partial charge in [0.1, 0.15) is 0 Å². The highest BCUT2D eigenvalue weighted by molar-refractivity contribution is 4.94. The minimum atomic E-state index is 0.374. The van der Waals surface area contributed by atoms with Crippen LogP contribution in [0.25, 0.3) is 0 Å². The number of hydrogen-bond donors (Lipinski definition) is 1. The van der Waals surface area contributed by atoms with E-state index in [1.54, 1.807) is 0 Å². The Kier molecular flexibility index (Phi) is 4.04. The van der Waals surface area contributed by atoms with Gasteiger partial charge in [0, 0.05) is 18.1 Å². The quantitative estimate of drug-likeness (QED) is 0.772. The summed E-state index contributed by atoms with van der Waals surface area (Å²) in [4.78, 5) is 2.67. The third-order valence-electron chi connectivity index (χ3n) is 4.27. The first-order valence-corrected chi connectivity index (χ1v) is 6.75. The van der Waals surface area contributed by atoms with Crippen molar-refractivity contribution >= 4 is 0 Å². The monoisotopic (exact) mass is 211 g/mol. The van der Waals surface area contributed by atoms with Crippen LogP contribution in [-0.4, -0.2) is 34.7 Å². The third-order valence-corrected chi connectivity index (χ3v) is 4.27. The van der Waals surface area contributed by atoms with Gasteiger partial charge < -0.3 is 5.11 Å². The number of unbranched alkanes of at least 4 members (excludes halogenated alkanes) is 1. The van der Waals surface area contributed by atoms with E-state index in [9.17, 15) is 5.11 Å². The minimum absolute atomic E-state index is 0.374.